The minimum Gasteiger partial charge on any atom is -0.312 e. The molecule has 96 valence electrons. The van der Waals surface area contributed by atoms with E-state index in [1.807, 2.05) is 4.90 Å². The van der Waals surface area contributed by atoms with Gasteiger partial charge in [0.05, 0.1) is 0 Å². The van der Waals surface area contributed by atoms with E-state index >= 15 is 0 Å². The fourth-order valence-electron chi connectivity index (χ4n) is 2.69. The molecule has 1 aliphatic carbocycles. The Morgan fingerprint density at radius 3 is 2.94 bits per heavy atom. The van der Waals surface area contributed by atoms with Crippen LogP contribution in [-0.2, 0) is 17.6 Å². The fraction of sp³-hybridized carbons (Fsp3) is 0.533. The molecule has 3 rings (SSSR count). The van der Waals surface area contributed by atoms with Gasteiger partial charge in [-0.15, -0.1) is 11.6 Å². The number of nitrogens with zero attached hydrogens (tertiary/aromatic N) is 1. The summed E-state index contributed by atoms with van der Waals surface area (Å²) < 4.78 is 0. The van der Waals surface area contributed by atoms with Gasteiger partial charge >= 0.3 is 0 Å². The second kappa shape index (κ2) is 4.93. The Morgan fingerprint density at radius 1 is 1.39 bits per heavy atom. The molecule has 0 spiro atoms. The van der Waals surface area contributed by atoms with Crippen molar-refractivity contribution < 1.29 is 4.79 Å². The molecule has 2 aliphatic rings. The molecule has 0 atom stereocenters. The number of aryl methyl sites for hydroxylation is 2. The lowest BCUT2D eigenvalue weighted by atomic mass is 9.98. The van der Waals surface area contributed by atoms with E-state index in [2.05, 4.69) is 18.2 Å². The molecule has 18 heavy (non-hydrogen) atoms. The lowest BCUT2D eigenvalue weighted by molar-refractivity contribution is -0.119. The van der Waals surface area contributed by atoms with E-state index in [0.29, 0.717) is 17.7 Å². The Bertz CT molecular complexity index is 468. The van der Waals surface area contributed by atoms with Crippen molar-refractivity contribution in [2.24, 2.45) is 5.92 Å². The van der Waals surface area contributed by atoms with Crippen LogP contribution >= 0.6 is 11.6 Å². The number of hydrogen-bond donors (Lipinski definition) is 0. The fourth-order valence-corrected chi connectivity index (χ4v) is 2.91. The number of carbonyl (C=O) groups is 1. The molecule has 1 heterocycles. The van der Waals surface area contributed by atoms with Gasteiger partial charge in [0.15, 0.2) is 0 Å². The van der Waals surface area contributed by atoms with Crippen molar-refractivity contribution in [3.63, 3.8) is 0 Å². The predicted molar refractivity (Wildman–Crippen MR) is 74.3 cm³/mol. The van der Waals surface area contributed by atoms with Crippen LogP contribution in [0.3, 0.4) is 0 Å². The molecule has 0 radical (unpaired) electrons. The third kappa shape index (κ3) is 2.26. The number of carbonyl (C=O) groups excluding carboxylic acids is 1. The minimum absolute atomic E-state index is 0.304. The van der Waals surface area contributed by atoms with E-state index in [9.17, 15) is 4.79 Å². The van der Waals surface area contributed by atoms with Gasteiger partial charge in [-0.3, -0.25) is 4.79 Å². The van der Waals surface area contributed by atoms with Gasteiger partial charge in [0, 0.05) is 24.0 Å². The average molecular weight is 264 g/mol. The first-order valence-corrected chi connectivity index (χ1v) is 7.32. The third-order valence-electron chi connectivity index (χ3n) is 3.84. The molecular weight excluding hydrogens is 246 g/mol. The topological polar surface area (TPSA) is 20.3 Å². The molecule has 2 nitrogen and oxygen atoms in total. The molecule has 1 fully saturated rings. The number of anilines is 1. The molecule has 0 aromatic heterocycles. The predicted octanol–water partition coefficient (Wildman–Crippen LogP) is 3.16. The van der Waals surface area contributed by atoms with Crippen LogP contribution in [-0.4, -0.2) is 18.3 Å². The van der Waals surface area contributed by atoms with Crippen molar-refractivity contribution in [1.82, 2.24) is 0 Å². The highest BCUT2D eigenvalue weighted by Gasteiger charge is 2.35. The molecule has 1 aromatic carbocycles. The summed E-state index contributed by atoms with van der Waals surface area (Å²) >= 11 is 5.78. The number of benzene rings is 1. The van der Waals surface area contributed by atoms with E-state index in [-0.39, 0.29) is 0 Å². The number of rotatable bonds is 3. The summed E-state index contributed by atoms with van der Waals surface area (Å²) in [6.45, 7) is 0.886. The van der Waals surface area contributed by atoms with Gasteiger partial charge in [-0.1, -0.05) is 12.1 Å². The number of alkyl halides is 1. The first-order valence-electron chi connectivity index (χ1n) is 6.79. The van der Waals surface area contributed by atoms with Gasteiger partial charge < -0.3 is 4.90 Å². The third-order valence-corrected chi connectivity index (χ3v) is 4.03. The van der Waals surface area contributed by atoms with E-state index in [0.717, 1.165) is 44.3 Å². The largest absolute Gasteiger partial charge is 0.312 e. The highest BCUT2D eigenvalue weighted by molar-refractivity contribution is 6.18. The Kier molecular flexibility index (Phi) is 3.29. The van der Waals surface area contributed by atoms with Gasteiger partial charge in [-0.05, 0) is 49.3 Å². The molecule has 3 heteroatoms. The van der Waals surface area contributed by atoms with Crippen LogP contribution in [0, 0.1) is 5.92 Å². The summed E-state index contributed by atoms with van der Waals surface area (Å²) in [6.07, 6.45) is 5.23. The molecule has 0 N–H and O–H groups in total. The van der Waals surface area contributed by atoms with Crippen LogP contribution < -0.4 is 4.90 Å². The molecule has 0 saturated heterocycles. The molecule has 0 bridgehead atoms. The summed E-state index contributed by atoms with van der Waals surface area (Å²) in [5.41, 5.74) is 3.74. The van der Waals surface area contributed by atoms with Crippen molar-refractivity contribution >= 4 is 23.2 Å². The van der Waals surface area contributed by atoms with Crippen molar-refractivity contribution in [3.8, 4) is 0 Å². The standard InChI is InChI=1S/C15H18ClNO/c16-8-7-11-3-6-14-13(10-11)2-1-9-17(14)15(18)12-4-5-12/h3,6,10,12H,1-2,4-5,7-9H2. The van der Waals surface area contributed by atoms with Crippen molar-refractivity contribution in [2.45, 2.75) is 32.1 Å². The second-order valence-corrected chi connectivity index (χ2v) is 5.65. The van der Waals surface area contributed by atoms with Gasteiger partial charge in [0.2, 0.25) is 5.91 Å². The van der Waals surface area contributed by atoms with Crippen molar-refractivity contribution in [3.05, 3.63) is 29.3 Å². The van der Waals surface area contributed by atoms with E-state index < -0.39 is 0 Å². The molecule has 1 aliphatic heterocycles. The maximum Gasteiger partial charge on any atom is 0.230 e. The molecule has 0 unspecified atom stereocenters. The van der Waals surface area contributed by atoms with E-state index in [1.165, 1.54) is 11.1 Å². The lowest BCUT2D eigenvalue weighted by Crippen LogP contribution is -2.36. The Balaban J connectivity index is 1.88. The zero-order valence-electron chi connectivity index (χ0n) is 10.5. The molecule has 1 amide bonds. The Morgan fingerprint density at radius 2 is 2.22 bits per heavy atom. The normalized spacial score (nSPS) is 18.6. The molecule has 1 aromatic rings. The SMILES string of the molecule is O=C(C1CC1)N1CCCc2cc(CCCl)ccc21. The second-order valence-electron chi connectivity index (χ2n) is 5.27. The average Bonchev–Trinajstić information content (AvgIpc) is 3.21. The van der Waals surface area contributed by atoms with Crippen LogP contribution in [0.5, 0.6) is 0 Å². The first kappa shape index (κ1) is 12.0. The minimum atomic E-state index is 0.304. The summed E-state index contributed by atoms with van der Waals surface area (Å²) in [7, 11) is 0. The number of fused-ring (bicyclic) bond motifs is 1. The van der Waals surface area contributed by atoms with Crippen LogP contribution in [0.15, 0.2) is 18.2 Å². The van der Waals surface area contributed by atoms with Gasteiger partial charge in [-0.25, -0.2) is 0 Å². The summed E-state index contributed by atoms with van der Waals surface area (Å²) in [5, 5.41) is 0. The van der Waals surface area contributed by atoms with E-state index in [4.69, 9.17) is 11.6 Å². The highest BCUT2D eigenvalue weighted by atomic mass is 35.5. The Hall–Kier alpha value is -1.02. The summed E-state index contributed by atoms with van der Waals surface area (Å²) in [6, 6.07) is 6.44. The van der Waals surface area contributed by atoms with Gasteiger partial charge in [0.1, 0.15) is 0 Å². The van der Waals surface area contributed by atoms with Crippen molar-refractivity contribution in [1.29, 1.82) is 0 Å². The molecule has 1 saturated carbocycles. The smallest absolute Gasteiger partial charge is 0.230 e. The van der Waals surface area contributed by atoms with Crippen LogP contribution in [0.4, 0.5) is 5.69 Å². The number of halogens is 1. The Labute approximate surface area is 113 Å². The summed E-state index contributed by atoms with van der Waals surface area (Å²) in [4.78, 5) is 14.2. The zero-order chi connectivity index (χ0) is 12.5. The van der Waals surface area contributed by atoms with Gasteiger partial charge in [0.25, 0.3) is 0 Å². The maximum absolute atomic E-state index is 12.2. The highest BCUT2D eigenvalue weighted by Crippen LogP contribution is 2.36. The quantitative estimate of drug-likeness (QED) is 0.767. The lowest BCUT2D eigenvalue weighted by Gasteiger charge is -2.30. The van der Waals surface area contributed by atoms with Crippen LogP contribution in [0.1, 0.15) is 30.4 Å². The van der Waals surface area contributed by atoms with Gasteiger partial charge in [-0.2, -0.15) is 0 Å². The monoisotopic (exact) mass is 263 g/mol. The number of amides is 1. The van der Waals surface area contributed by atoms with Crippen LogP contribution in [0.25, 0.3) is 0 Å². The zero-order valence-corrected chi connectivity index (χ0v) is 11.2. The van der Waals surface area contributed by atoms with E-state index in [1.54, 1.807) is 0 Å². The summed E-state index contributed by atoms with van der Waals surface area (Å²) in [5.74, 6) is 1.29. The maximum atomic E-state index is 12.2. The van der Waals surface area contributed by atoms with Crippen molar-refractivity contribution in [2.75, 3.05) is 17.3 Å². The first-order chi connectivity index (χ1) is 8.79. The number of hydrogen-bond acceptors (Lipinski definition) is 1. The van der Waals surface area contributed by atoms with Crippen LogP contribution in [0.2, 0.25) is 0 Å². The molecular formula is C15H18ClNO.